The Balaban J connectivity index is 1.56. The van der Waals surface area contributed by atoms with Gasteiger partial charge in [-0.25, -0.2) is 0 Å². The molecule has 1 fully saturated rings. The van der Waals surface area contributed by atoms with Crippen molar-refractivity contribution in [1.29, 1.82) is 0 Å². The molecular weight excluding hydrogens is 344 g/mol. The van der Waals surface area contributed by atoms with E-state index in [4.69, 9.17) is 9.15 Å². The quantitative estimate of drug-likeness (QED) is 0.729. The van der Waals surface area contributed by atoms with Crippen LogP contribution in [0.3, 0.4) is 0 Å². The van der Waals surface area contributed by atoms with Gasteiger partial charge in [0.15, 0.2) is 0 Å². The van der Waals surface area contributed by atoms with Crippen molar-refractivity contribution in [1.82, 2.24) is 10.6 Å². The van der Waals surface area contributed by atoms with Crippen molar-refractivity contribution in [3.8, 4) is 5.75 Å². The molecule has 4 rings (SSSR count). The Kier molecular flexibility index (Phi) is 4.54. The van der Waals surface area contributed by atoms with Gasteiger partial charge in [0.2, 0.25) is 5.91 Å². The normalized spacial score (nSPS) is 16.3. The van der Waals surface area contributed by atoms with Crippen LogP contribution in [0, 0.1) is 6.92 Å². The zero-order chi connectivity index (χ0) is 18.8. The summed E-state index contributed by atoms with van der Waals surface area (Å²) in [5, 5.41) is 6.32. The van der Waals surface area contributed by atoms with Crippen LogP contribution in [0.5, 0.6) is 5.75 Å². The summed E-state index contributed by atoms with van der Waals surface area (Å²) in [6.07, 6.45) is 0.298. The minimum Gasteiger partial charge on any atom is -0.489 e. The second-order valence-electron chi connectivity index (χ2n) is 6.64. The van der Waals surface area contributed by atoms with Crippen molar-refractivity contribution in [2.24, 2.45) is 0 Å². The van der Waals surface area contributed by atoms with Crippen LogP contribution in [0.4, 0.5) is 0 Å². The molecule has 2 aromatic carbocycles. The Bertz CT molecular complexity index is 994. The third-order valence-electron chi connectivity index (χ3n) is 4.62. The first-order valence-electron chi connectivity index (χ1n) is 8.87. The molecule has 1 atom stereocenters. The van der Waals surface area contributed by atoms with E-state index in [2.05, 4.69) is 10.6 Å². The molecule has 1 aromatic heterocycles. The number of hydrogen-bond acceptors (Lipinski definition) is 4. The molecule has 138 valence electrons. The van der Waals surface area contributed by atoms with E-state index >= 15 is 0 Å². The Hall–Kier alpha value is -3.28. The summed E-state index contributed by atoms with van der Waals surface area (Å²) >= 11 is 0. The number of nitrogens with one attached hydrogen (secondary N) is 2. The highest BCUT2D eigenvalue weighted by atomic mass is 16.5. The highest BCUT2D eigenvalue weighted by Gasteiger charge is 2.26. The fraction of sp³-hybridized carbons (Fsp3) is 0.238. The largest absolute Gasteiger partial charge is 0.489 e. The third kappa shape index (κ3) is 3.65. The summed E-state index contributed by atoms with van der Waals surface area (Å²) in [7, 11) is 0. The maximum Gasteiger partial charge on any atom is 0.255 e. The number of carbonyl (C=O) groups is 2. The lowest BCUT2D eigenvalue weighted by molar-refractivity contribution is -0.119. The van der Waals surface area contributed by atoms with E-state index in [1.165, 1.54) is 0 Å². The highest BCUT2D eigenvalue weighted by molar-refractivity contribution is 6.07. The summed E-state index contributed by atoms with van der Waals surface area (Å²) in [5.41, 5.74) is 2.18. The van der Waals surface area contributed by atoms with Crippen LogP contribution in [-0.2, 0) is 11.4 Å². The van der Waals surface area contributed by atoms with Crippen LogP contribution in [0.1, 0.15) is 28.1 Å². The van der Waals surface area contributed by atoms with Gasteiger partial charge >= 0.3 is 0 Å². The lowest BCUT2D eigenvalue weighted by Gasteiger charge is -2.10. The first-order valence-corrected chi connectivity index (χ1v) is 8.87. The molecule has 3 aromatic rings. The number of benzene rings is 2. The molecule has 27 heavy (non-hydrogen) atoms. The van der Waals surface area contributed by atoms with Gasteiger partial charge in [-0.3, -0.25) is 9.59 Å². The van der Waals surface area contributed by atoms with Crippen LogP contribution in [-0.4, -0.2) is 24.4 Å². The molecule has 6 heteroatoms. The second kappa shape index (κ2) is 7.15. The Labute approximate surface area is 156 Å². The van der Waals surface area contributed by atoms with Crippen molar-refractivity contribution in [2.45, 2.75) is 26.0 Å². The maximum atomic E-state index is 12.7. The van der Waals surface area contributed by atoms with Gasteiger partial charge in [0.1, 0.15) is 23.7 Å². The number of carbonyl (C=O) groups excluding carboxylic acids is 2. The summed E-state index contributed by atoms with van der Waals surface area (Å²) in [6.45, 7) is 2.66. The molecule has 0 aliphatic carbocycles. The lowest BCUT2D eigenvalue weighted by Crippen LogP contribution is -2.36. The number of rotatable bonds is 5. The first kappa shape index (κ1) is 17.1. The molecule has 2 amide bonds. The average Bonchev–Trinajstić information content (AvgIpc) is 3.22. The molecule has 1 unspecified atom stereocenters. The smallest absolute Gasteiger partial charge is 0.255 e. The summed E-state index contributed by atoms with van der Waals surface area (Å²) in [5.74, 6) is 0.914. The van der Waals surface area contributed by atoms with Gasteiger partial charge in [-0.05, 0) is 30.7 Å². The molecule has 1 aliphatic rings. The standard InChI is InChI=1S/C21H20N2O4/c1-13-20(21(25)23-15-9-19(24)22-11-15)17-10-16(7-8-18(17)27-13)26-12-14-5-3-2-4-6-14/h2-8,10,15H,9,11-12H2,1H3,(H,22,24)(H,23,25). The van der Waals surface area contributed by atoms with E-state index in [0.717, 1.165) is 5.56 Å². The van der Waals surface area contributed by atoms with Gasteiger partial charge in [-0.1, -0.05) is 30.3 Å². The molecule has 2 N–H and O–H groups in total. The Morgan fingerprint density at radius 1 is 1.26 bits per heavy atom. The number of ether oxygens (including phenoxy) is 1. The topological polar surface area (TPSA) is 80.6 Å². The lowest BCUT2D eigenvalue weighted by atomic mass is 10.1. The maximum absolute atomic E-state index is 12.7. The molecule has 1 saturated heterocycles. The van der Waals surface area contributed by atoms with Crippen LogP contribution in [0.25, 0.3) is 11.0 Å². The Morgan fingerprint density at radius 3 is 2.81 bits per heavy atom. The molecule has 1 aliphatic heterocycles. The fourth-order valence-electron chi connectivity index (χ4n) is 3.28. The molecule has 0 spiro atoms. The van der Waals surface area contributed by atoms with Gasteiger partial charge in [0, 0.05) is 18.4 Å². The van der Waals surface area contributed by atoms with Crippen molar-refractivity contribution in [3.63, 3.8) is 0 Å². The fourth-order valence-corrected chi connectivity index (χ4v) is 3.28. The third-order valence-corrected chi connectivity index (χ3v) is 4.62. The van der Waals surface area contributed by atoms with Crippen LogP contribution >= 0.6 is 0 Å². The van der Waals surface area contributed by atoms with E-state index in [1.54, 1.807) is 13.0 Å². The summed E-state index contributed by atoms with van der Waals surface area (Å²) < 4.78 is 11.6. The monoisotopic (exact) mass is 364 g/mol. The second-order valence-corrected chi connectivity index (χ2v) is 6.64. The van der Waals surface area contributed by atoms with Gasteiger partial charge in [0.05, 0.1) is 11.6 Å². The van der Waals surface area contributed by atoms with Crippen molar-refractivity contribution in [3.05, 3.63) is 65.4 Å². The SMILES string of the molecule is Cc1oc2ccc(OCc3ccccc3)cc2c1C(=O)NC1CNC(=O)C1. The van der Waals surface area contributed by atoms with E-state index in [9.17, 15) is 9.59 Å². The number of amides is 2. The minimum atomic E-state index is -0.243. The van der Waals surface area contributed by atoms with Crippen molar-refractivity contribution < 1.29 is 18.7 Å². The Morgan fingerprint density at radius 2 is 2.07 bits per heavy atom. The molecule has 6 nitrogen and oxygen atoms in total. The van der Waals surface area contributed by atoms with Crippen molar-refractivity contribution in [2.75, 3.05) is 6.54 Å². The number of fused-ring (bicyclic) bond motifs is 1. The van der Waals surface area contributed by atoms with Gasteiger partial charge in [-0.2, -0.15) is 0 Å². The van der Waals surface area contributed by atoms with E-state index < -0.39 is 0 Å². The van der Waals surface area contributed by atoms with Gasteiger partial charge in [-0.15, -0.1) is 0 Å². The van der Waals surface area contributed by atoms with E-state index in [-0.39, 0.29) is 17.9 Å². The summed E-state index contributed by atoms with van der Waals surface area (Å²) in [6, 6.07) is 15.1. The number of aryl methyl sites for hydroxylation is 1. The van der Waals surface area contributed by atoms with E-state index in [1.807, 2.05) is 42.5 Å². The molecule has 0 saturated carbocycles. The highest BCUT2D eigenvalue weighted by Crippen LogP contribution is 2.29. The molecule has 2 heterocycles. The number of hydrogen-bond donors (Lipinski definition) is 2. The van der Waals surface area contributed by atoms with Gasteiger partial charge < -0.3 is 19.8 Å². The first-order chi connectivity index (χ1) is 13.1. The summed E-state index contributed by atoms with van der Waals surface area (Å²) in [4.78, 5) is 24.1. The number of furan rings is 1. The zero-order valence-corrected chi connectivity index (χ0v) is 15.0. The van der Waals surface area contributed by atoms with Gasteiger partial charge in [0.25, 0.3) is 5.91 Å². The molecule has 0 radical (unpaired) electrons. The van der Waals surface area contributed by atoms with E-state index in [0.29, 0.717) is 47.6 Å². The predicted molar refractivity (Wildman–Crippen MR) is 101 cm³/mol. The van der Waals surface area contributed by atoms with Crippen molar-refractivity contribution >= 4 is 22.8 Å². The van der Waals surface area contributed by atoms with Crippen LogP contribution in [0.15, 0.2) is 52.9 Å². The average molecular weight is 364 g/mol. The molecular formula is C21H20N2O4. The zero-order valence-electron chi connectivity index (χ0n) is 15.0. The predicted octanol–water partition coefficient (Wildman–Crippen LogP) is 2.94. The van der Waals surface area contributed by atoms with Crippen LogP contribution < -0.4 is 15.4 Å². The molecule has 0 bridgehead atoms. The van der Waals surface area contributed by atoms with Crippen LogP contribution in [0.2, 0.25) is 0 Å². The minimum absolute atomic E-state index is 0.0503.